The van der Waals surface area contributed by atoms with Crippen molar-refractivity contribution < 1.29 is 49.0 Å². The Hall–Kier alpha value is -3.71. The zero-order valence-electron chi connectivity index (χ0n) is 33.4. The van der Waals surface area contributed by atoms with E-state index in [0.29, 0.717) is 0 Å². The molecule has 8 rings (SSSR count). The molecular formula is C52H49Cl3Zr-2. The molecule has 0 aliphatic heterocycles. The molecule has 0 fully saturated rings. The second kappa shape index (κ2) is 19.6. The van der Waals surface area contributed by atoms with Crippen LogP contribution in [0.3, 0.4) is 0 Å². The van der Waals surface area contributed by atoms with E-state index in [1.165, 1.54) is 99.1 Å². The largest absolute Gasteiger partial charge is 1.00 e. The van der Waals surface area contributed by atoms with E-state index >= 15 is 0 Å². The van der Waals surface area contributed by atoms with Crippen LogP contribution in [0.5, 0.6) is 0 Å². The topological polar surface area (TPSA) is 0 Å². The number of benzene rings is 6. The Morgan fingerprint density at radius 3 is 1.39 bits per heavy atom. The smallest absolute Gasteiger partial charge is 0.109 e. The number of rotatable bonds is 4. The molecule has 1 aliphatic rings. The Bertz CT molecular complexity index is 2250. The van der Waals surface area contributed by atoms with E-state index in [-0.39, 0.29) is 35.6 Å². The number of allylic oxidation sites excluding steroid dienone is 4. The van der Waals surface area contributed by atoms with E-state index in [4.69, 9.17) is 11.6 Å². The summed E-state index contributed by atoms with van der Waals surface area (Å²) >= 11 is 7.30. The molecule has 7 aromatic rings. The Morgan fingerprint density at radius 1 is 0.607 bits per heavy atom. The molecule has 7 aromatic carbocycles. The number of hydrogen-bond acceptors (Lipinski definition) is 0. The summed E-state index contributed by atoms with van der Waals surface area (Å²) in [5.74, 6) is 0. The van der Waals surface area contributed by atoms with Gasteiger partial charge in [-0.15, -0.1) is 46.2 Å². The zero-order chi connectivity index (χ0) is 38.5. The van der Waals surface area contributed by atoms with Crippen LogP contribution in [0.25, 0.3) is 43.8 Å². The third kappa shape index (κ3) is 11.0. The van der Waals surface area contributed by atoms with Crippen LogP contribution in [0.2, 0.25) is 5.02 Å². The summed E-state index contributed by atoms with van der Waals surface area (Å²) in [6.45, 7) is 16.0. The maximum absolute atomic E-state index is 5.88. The second-order valence-corrected chi connectivity index (χ2v) is 17.8. The summed E-state index contributed by atoms with van der Waals surface area (Å²) in [5, 5.41) is 6.15. The van der Waals surface area contributed by atoms with Crippen molar-refractivity contribution in [1.82, 2.24) is 0 Å². The first kappa shape index (κ1) is 45.0. The van der Waals surface area contributed by atoms with Crippen molar-refractivity contribution in [2.24, 2.45) is 0 Å². The van der Waals surface area contributed by atoms with Gasteiger partial charge in [0.25, 0.3) is 0 Å². The maximum atomic E-state index is 5.88. The summed E-state index contributed by atoms with van der Waals surface area (Å²) in [6.07, 6.45) is 10.0. The van der Waals surface area contributed by atoms with Crippen molar-refractivity contribution >= 4 is 36.4 Å². The molecule has 0 heterocycles. The molecule has 284 valence electrons. The van der Waals surface area contributed by atoms with E-state index in [2.05, 4.69) is 188 Å². The van der Waals surface area contributed by atoms with Crippen molar-refractivity contribution in [3.8, 4) is 22.3 Å². The molecule has 0 N–H and O–H groups in total. The minimum atomic E-state index is 0. The molecule has 0 amide bonds. The average molecular weight is 872 g/mol. The Morgan fingerprint density at radius 2 is 1.04 bits per heavy atom. The fourth-order valence-corrected chi connectivity index (χ4v) is 7.85. The quantitative estimate of drug-likeness (QED) is 0.156. The van der Waals surface area contributed by atoms with Gasteiger partial charge in [0.05, 0.1) is 0 Å². The number of fused-ring (bicyclic) bond motifs is 3. The number of hydrogen-bond donors (Lipinski definition) is 0. The standard InChI is InChI=1S/C33H33.C14H11Cl.C5H5.2ClH.Zr/c1-32(2,3)30-20-26-24(18-28(30)22-13-9-7-10-14-22)17-25-19-29(23-15-11-8-12-16-23)31(21-27(25)26)33(4,5)6;1-11-2-4-12(5-3-11)10-13-6-8-14(15)9-7-13;1-2-4-5-3-1;;;/h7-21H,1-6H3;2-9H,1H3;1-3H,4H2;2*1H;/q-1;;-1;;;+2/p-2. The van der Waals surface area contributed by atoms with Crippen molar-refractivity contribution in [1.29, 1.82) is 0 Å². The summed E-state index contributed by atoms with van der Waals surface area (Å²) in [7, 11) is 0. The summed E-state index contributed by atoms with van der Waals surface area (Å²) in [6, 6.07) is 50.4. The molecule has 56 heavy (non-hydrogen) atoms. The summed E-state index contributed by atoms with van der Waals surface area (Å²) in [4.78, 5) is 0. The van der Waals surface area contributed by atoms with E-state index in [9.17, 15) is 0 Å². The van der Waals surface area contributed by atoms with Crippen molar-refractivity contribution in [3.05, 3.63) is 197 Å². The zero-order valence-corrected chi connectivity index (χ0v) is 38.1. The monoisotopic (exact) mass is 868 g/mol. The molecule has 1 aliphatic carbocycles. The molecule has 0 aromatic heterocycles. The molecular weight excluding hydrogens is 822 g/mol. The third-order valence-electron chi connectivity index (χ3n) is 9.83. The van der Waals surface area contributed by atoms with Gasteiger partial charge in [-0.1, -0.05) is 114 Å². The average Bonchev–Trinajstić information content (AvgIpc) is 3.86. The van der Waals surface area contributed by atoms with Crippen molar-refractivity contribution in [3.63, 3.8) is 0 Å². The van der Waals surface area contributed by atoms with Crippen LogP contribution in [0.1, 0.15) is 75.8 Å². The second-order valence-electron chi connectivity index (χ2n) is 16.1. The van der Waals surface area contributed by atoms with Gasteiger partial charge >= 0.3 is 116 Å². The first-order valence-electron chi connectivity index (χ1n) is 18.8. The van der Waals surface area contributed by atoms with Gasteiger partial charge in [0.1, 0.15) is 0 Å². The van der Waals surface area contributed by atoms with E-state index in [1.807, 2.05) is 24.3 Å². The van der Waals surface area contributed by atoms with Gasteiger partial charge in [0.15, 0.2) is 0 Å². The Kier molecular flexibility index (Phi) is 15.8. The van der Waals surface area contributed by atoms with Crippen molar-refractivity contribution in [2.45, 2.75) is 65.7 Å². The maximum Gasteiger partial charge on any atom is -0.109 e. The van der Waals surface area contributed by atoms with Gasteiger partial charge in [0.2, 0.25) is 0 Å². The first-order valence-corrected chi connectivity index (χ1v) is 20.4. The summed E-state index contributed by atoms with van der Waals surface area (Å²) < 4.78 is 1.36. The van der Waals surface area contributed by atoms with Crippen LogP contribution >= 0.6 is 11.6 Å². The molecule has 4 heteroatoms. The molecule has 0 unspecified atom stereocenters. The van der Waals surface area contributed by atoms with Gasteiger partial charge < -0.3 is 24.8 Å². The fourth-order valence-electron chi connectivity index (χ4n) is 6.90. The number of aryl methyl sites for hydroxylation is 1. The van der Waals surface area contributed by atoms with Crippen molar-refractivity contribution in [2.75, 3.05) is 0 Å². The minimum absolute atomic E-state index is 0. The molecule has 0 bridgehead atoms. The van der Waals surface area contributed by atoms with Crippen LogP contribution in [-0.2, 0) is 35.1 Å². The van der Waals surface area contributed by atoms with Gasteiger partial charge in [-0.05, 0) is 44.2 Å². The van der Waals surface area contributed by atoms with Gasteiger partial charge in [0, 0.05) is 0 Å². The summed E-state index contributed by atoms with van der Waals surface area (Å²) in [5.41, 5.74) is 12.0. The van der Waals surface area contributed by atoms with Crippen LogP contribution in [-0.4, -0.2) is 3.21 Å². The van der Waals surface area contributed by atoms with Gasteiger partial charge in [-0.2, -0.15) is 6.08 Å². The van der Waals surface area contributed by atoms with E-state index < -0.39 is 0 Å². The molecule has 0 saturated carbocycles. The molecule has 0 saturated heterocycles. The Balaban J connectivity index is 0.000000252. The first-order chi connectivity index (χ1) is 25.8. The molecule has 0 spiro atoms. The molecule has 0 nitrogen and oxygen atoms in total. The SMILES string of the molecule is CC(C)(C)c1cc2c(cc1-c1ccccc1)[cH-]c1cc(-c3ccccc3)c(C(C)(C)C)cc12.Cc1ccc([C](=[Zr+2])c2ccc(Cl)cc2)cc1.[C-]1=CC=CC1.[Cl-].[Cl-]. The molecule has 0 atom stereocenters. The number of halogens is 3. The van der Waals surface area contributed by atoms with Crippen LogP contribution < -0.4 is 24.8 Å². The fraction of sp³-hybridized carbons (Fsp3) is 0.192. The minimum Gasteiger partial charge on any atom is -1.00 e. The molecule has 0 radical (unpaired) electrons. The van der Waals surface area contributed by atoms with Crippen LogP contribution in [0.15, 0.2) is 158 Å². The van der Waals surface area contributed by atoms with Gasteiger partial charge in [-0.3, -0.25) is 6.08 Å². The van der Waals surface area contributed by atoms with Gasteiger partial charge in [-0.25, -0.2) is 12.2 Å². The third-order valence-corrected chi connectivity index (χ3v) is 11.5. The Labute approximate surface area is 367 Å². The van der Waals surface area contributed by atoms with E-state index in [0.717, 1.165) is 11.4 Å². The predicted molar refractivity (Wildman–Crippen MR) is 233 cm³/mol. The van der Waals surface area contributed by atoms with E-state index in [1.54, 1.807) is 0 Å². The normalized spacial score (nSPS) is 11.9. The van der Waals surface area contributed by atoms with Crippen LogP contribution in [0, 0.1) is 13.0 Å². The predicted octanol–water partition coefficient (Wildman–Crippen LogP) is 8.72. The van der Waals surface area contributed by atoms with Crippen LogP contribution in [0.4, 0.5) is 0 Å².